The standard InChI is InChI=1S/C6H8N2O.ClH/c1-9-5-2-3-8-6(7)4-5;/h2-4H,1H3,(H2,7,8);1H. The maximum atomic E-state index is 7.10. The van der Waals surface area contributed by atoms with Crippen LogP contribution in [0.2, 0.25) is 0 Å². The van der Waals surface area contributed by atoms with E-state index in [2.05, 4.69) is 4.98 Å². The number of methoxy groups -OCH3 is 1. The van der Waals surface area contributed by atoms with Gasteiger partial charge < -0.3 is 9.72 Å². The lowest BCUT2D eigenvalue weighted by atomic mass is 10.4. The smallest absolute Gasteiger partial charge is 0.125 e. The van der Waals surface area contributed by atoms with Crippen LogP contribution in [0.15, 0.2) is 18.3 Å². The summed E-state index contributed by atoms with van der Waals surface area (Å²) in [6, 6.07) is 3.37. The normalized spacial score (nSPS) is 8.10. The lowest BCUT2D eigenvalue weighted by molar-refractivity contribution is 0.413. The molecule has 0 atom stereocenters. The van der Waals surface area contributed by atoms with Crippen LogP contribution in [0, 0.1) is 5.41 Å². The number of ether oxygens (including phenoxy) is 1. The molecule has 0 bridgehead atoms. The first-order valence-corrected chi connectivity index (χ1v) is 2.60. The second kappa shape index (κ2) is 3.95. The number of aromatic nitrogens is 1. The Hall–Kier alpha value is -0.960. The zero-order chi connectivity index (χ0) is 6.69. The number of halogens is 1. The summed E-state index contributed by atoms with van der Waals surface area (Å²) in [6.45, 7) is 0. The molecule has 1 heterocycles. The molecule has 3 nitrogen and oxygen atoms in total. The number of hydrogen-bond acceptors (Lipinski definition) is 2. The lowest BCUT2D eigenvalue weighted by Crippen LogP contribution is -2.02. The Morgan fingerprint density at radius 2 is 2.30 bits per heavy atom. The quantitative estimate of drug-likeness (QED) is 0.631. The maximum absolute atomic E-state index is 7.10. The number of pyridine rings is 1. The van der Waals surface area contributed by atoms with Gasteiger partial charge in [0.1, 0.15) is 11.2 Å². The molecule has 0 aliphatic heterocycles. The Kier molecular flexibility index (Phi) is 3.57. The van der Waals surface area contributed by atoms with Crippen LogP contribution in [0.1, 0.15) is 0 Å². The molecule has 1 aromatic rings. The summed E-state index contributed by atoms with van der Waals surface area (Å²) in [7, 11) is 1.58. The first-order chi connectivity index (χ1) is 4.33. The largest absolute Gasteiger partial charge is 0.497 e. The van der Waals surface area contributed by atoms with Crippen LogP contribution < -0.4 is 10.2 Å². The second-order valence-electron chi connectivity index (χ2n) is 1.64. The van der Waals surface area contributed by atoms with Crippen molar-refractivity contribution in [3.63, 3.8) is 0 Å². The van der Waals surface area contributed by atoms with Crippen molar-refractivity contribution in [2.45, 2.75) is 0 Å². The van der Waals surface area contributed by atoms with Gasteiger partial charge in [0.15, 0.2) is 0 Å². The van der Waals surface area contributed by atoms with Gasteiger partial charge in [0.05, 0.1) is 7.11 Å². The molecule has 1 aromatic heterocycles. The van der Waals surface area contributed by atoms with Crippen LogP contribution in [0.4, 0.5) is 0 Å². The molecule has 0 saturated heterocycles. The zero-order valence-corrected chi connectivity index (χ0v) is 6.37. The number of nitrogens with one attached hydrogen (secondary N) is 2. The van der Waals surface area contributed by atoms with Gasteiger partial charge in [0.2, 0.25) is 0 Å². The molecule has 0 saturated carbocycles. The van der Waals surface area contributed by atoms with Crippen LogP contribution in [0.3, 0.4) is 0 Å². The highest BCUT2D eigenvalue weighted by Crippen LogP contribution is 2.00. The Bertz CT molecular complexity index is 246. The predicted octanol–water partition coefficient (Wildman–Crippen LogP) is 0.925. The van der Waals surface area contributed by atoms with Crippen molar-refractivity contribution in [2.75, 3.05) is 7.11 Å². The van der Waals surface area contributed by atoms with E-state index < -0.39 is 0 Å². The van der Waals surface area contributed by atoms with Crippen LogP contribution in [0.5, 0.6) is 5.75 Å². The van der Waals surface area contributed by atoms with Crippen LogP contribution in [-0.2, 0) is 0 Å². The molecule has 2 N–H and O–H groups in total. The van der Waals surface area contributed by atoms with Crippen molar-refractivity contribution in [2.24, 2.45) is 0 Å². The average molecular weight is 161 g/mol. The number of hydrogen-bond donors (Lipinski definition) is 2. The Labute approximate surface area is 65.0 Å². The molecule has 0 unspecified atom stereocenters. The molecular formula is C6H9ClN2O. The van der Waals surface area contributed by atoms with Gasteiger partial charge in [-0.25, -0.2) is 0 Å². The van der Waals surface area contributed by atoms with E-state index in [1.807, 2.05) is 0 Å². The van der Waals surface area contributed by atoms with Crippen LogP contribution in [0.25, 0.3) is 0 Å². The van der Waals surface area contributed by atoms with Gasteiger partial charge in [-0.3, -0.25) is 5.41 Å². The minimum atomic E-state index is 0. The fourth-order valence-electron chi connectivity index (χ4n) is 0.573. The third kappa shape index (κ3) is 2.11. The fraction of sp³-hybridized carbons (Fsp3) is 0.167. The molecule has 0 fully saturated rings. The van der Waals surface area contributed by atoms with Gasteiger partial charge in [-0.05, 0) is 6.07 Å². The molecule has 0 radical (unpaired) electrons. The van der Waals surface area contributed by atoms with Crippen molar-refractivity contribution in [1.29, 1.82) is 5.41 Å². The first kappa shape index (κ1) is 9.04. The molecule has 56 valence electrons. The second-order valence-corrected chi connectivity index (χ2v) is 1.64. The molecule has 0 spiro atoms. The molecule has 10 heavy (non-hydrogen) atoms. The van der Waals surface area contributed by atoms with Crippen molar-refractivity contribution < 1.29 is 4.74 Å². The van der Waals surface area contributed by atoms with Gasteiger partial charge in [-0.2, -0.15) is 0 Å². The highest BCUT2D eigenvalue weighted by atomic mass is 35.5. The Morgan fingerprint density at radius 3 is 2.70 bits per heavy atom. The van der Waals surface area contributed by atoms with Crippen molar-refractivity contribution in [1.82, 2.24) is 4.98 Å². The minimum absolute atomic E-state index is 0. The van der Waals surface area contributed by atoms with E-state index in [1.165, 1.54) is 0 Å². The summed E-state index contributed by atoms with van der Waals surface area (Å²) in [4.78, 5) is 2.69. The van der Waals surface area contributed by atoms with Crippen molar-refractivity contribution in [3.8, 4) is 5.75 Å². The highest BCUT2D eigenvalue weighted by molar-refractivity contribution is 5.85. The number of rotatable bonds is 1. The molecule has 0 aliphatic carbocycles. The van der Waals surface area contributed by atoms with Crippen molar-refractivity contribution >= 4 is 12.4 Å². The molecular weight excluding hydrogens is 152 g/mol. The molecule has 0 amide bonds. The first-order valence-electron chi connectivity index (χ1n) is 2.60. The topological polar surface area (TPSA) is 48.9 Å². The Morgan fingerprint density at radius 1 is 1.60 bits per heavy atom. The summed E-state index contributed by atoms with van der Waals surface area (Å²) >= 11 is 0. The third-order valence-electron chi connectivity index (χ3n) is 1.01. The molecule has 4 heteroatoms. The molecule has 0 aliphatic rings. The van der Waals surface area contributed by atoms with Gasteiger partial charge in [-0.1, -0.05) is 0 Å². The summed E-state index contributed by atoms with van der Waals surface area (Å²) in [5, 5.41) is 7.10. The average Bonchev–Trinajstić information content (AvgIpc) is 1.88. The summed E-state index contributed by atoms with van der Waals surface area (Å²) < 4.78 is 4.86. The summed E-state index contributed by atoms with van der Waals surface area (Å²) in [5.41, 5.74) is 0.356. The van der Waals surface area contributed by atoms with E-state index in [1.54, 1.807) is 25.4 Å². The maximum Gasteiger partial charge on any atom is 0.125 e. The summed E-state index contributed by atoms with van der Waals surface area (Å²) in [5.74, 6) is 0.707. The van der Waals surface area contributed by atoms with Gasteiger partial charge in [-0.15, -0.1) is 12.4 Å². The van der Waals surface area contributed by atoms with Gasteiger partial charge in [0, 0.05) is 12.3 Å². The molecule has 0 aromatic carbocycles. The van der Waals surface area contributed by atoms with E-state index in [0.717, 1.165) is 0 Å². The monoisotopic (exact) mass is 160 g/mol. The Balaban J connectivity index is 0.000000810. The lowest BCUT2D eigenvalue weighted by Gasteiger charge is -1.94. The fourth-order valence-corrected chi connectivity index (χ4v) is 0.573. The van der Waals surface area contributed by atoms with Crippen molar-refractivity contribution in [3.05, 3.63) is 23.8 Å². The van der Waals surface area contributed by atoms with Crippen LogP contribution >= 0.6 is 12.4 Å². The van der Waals surface area contributed by atoms with E-state index in [-0.39, 0.29) is 12.4 Å². The van der Waals surface area contributed by atoms with Gasteiger partial charge >= 0.3 is 0 Å². The highest BCUT2D eigenvalue weighted by Gasteiger charge is 1.84. The number of aromatic amines is 1. The SMILES string of the molecule is COc1cc[nH]c(=N)c1.Cl. The zero-order valence-electron chi connectivity index (χ0n) is 5.55. The van der Waals surface area contributed by atoms with E-state index in [4.69, 9.17) is 10.1 Å². The summed E-state index contributed by atoms with van der Waals surface area (Å²) in [6.07, 6.45) is 1.67. The minimum Gasteiger partial charge on any atom is -0.497 e. The van der Waals surface area contributed by atoms with Gasteiger partial charge in [0.25, 0.3) is 0 Å². The molecule has 1 rings (SSSR count). The van der Waals surface area contributed by atoms with E-state index in [9.17, 15) is 0 Å². The van der Waals surface area contributed by atoms with E-state index >= 15 is 0 Å². The van der Waals surface area contributed by atoms with Crippen LogP contribution in [-0.4, -0.2) is 12.1 Å². The third-order valence-corrected chi connectivity index (χ3v) is 1.01. The number of H-pyrrole nitrogens is 1. The van der Waals surface area contributed by atoms with E-state index in [0.29, 0.717) is 11.2 Å². The predicted molar refractivity (Wildman–Crippen MR) is 40.4 cm³/mol.